The van der Waals surface area contributed by atoms with E-state index in [0.29, 0.717) is 23.0 Å². The number of hydrogen-bond donors (Lipinski definition) is 1. The number of likely N-dealkylation sites (tertiary alicyclic amines) is 1. The summed E-state index contributed by atoms with van der Waals surface area (Å²) in [4.78, 5) is 15.0. The fourth-order valence-electron chi connectivity index (χ4n) is 4.42. The molecular weight excluding hydrogens is 406 g/mol. The van der Waals surface area contributed by atoms with Crippen LogP contribution in [0.15, 0.2) is 23.8 Å². The van der Waals surface area contributed by atoms with Gasteiger partial charge in [-0.2, -0.15) is 0 Å². The number of aromatic nitrogens is 3. The van der Waals surface area contributed by atoms with Gasteiger partial charge in [0.05, 0.1) is 19.2 Å². The van der Waals surface area contributed by atoms with E-state index in [-0.39, 0.29) is 24.9 Å². The highest BCUT2D eigenvalue weighted by atomic mass is 35.5. The van der Waals surface area contributed by atoms with E-state index in [0.717, 1.165) is 62.8 Å². The summed E-state index contributed by atoms with van der Waals surface area (Å²) in [5, 5.41) is 12.1. The number of rotatable bonds is 3. The van der Waals surface area contributed by atoms with Crippen LogP contribution in [0.5, 0.6) is 11.5 Å². The molecule has 0 saturated carbocycles. The number of fused-ring (bicyclic) bond motifs is 2. The first kappa shape index (κ1) is 20.7. The fourth-order valence-corrected chi connectivity index (χ4v) is 4.42. The molecule has 30 heavy (non-hydrogen) atoms. The van der Waals surface area contributed by atoms with Gasteiger partial charge in [-0.25, -0.2) is 0 Å². The molecule has 0 bridgehead atoms. The second-order valence-electron chi connectivity index (χ2n) is 7.71. The lowest BCUT2D eigenvalue weighted by Gasteiger charge is -2.33. The van der Waals surface area contributed by atoms with Gasteiger partial charge in [-0.05, 0) is 25.0 Å². The molecule has 3 aliphatic rings. The van der Waals surface area contributed by atoms with Gasteiger partial charge in [-0.3, -0.25) is 4.79 Å². The second-order valence-corrected chi connectivity index (χ2v) is 7.71. The van der Waals surface area contributed by atoms with E-state index in [1.165, 1.54) is 0 Å². The molecule has 1 N–H and O–H groups in total. The van der Waals surface area contributed by atoms with Crippen LogP contribution in [-0.2, 0) is 17.9 Å². The molecular formula is C21H26ClN5O3. The monoisotopic (exact) mass is 431 g/mol. The average Bonchev–Trinajstić information content (AvgIpc) is 3.22. The molecule has 4 heterocycles. The Kier molecular flexibility index (Phi) is 5.97. The number of nitrogens with one attached hydrogen (secondary N) is 1. The summed E-state index contributed by atoms with van der Waals surface area (Å²) in [5.41, 5.74) is 1.58. The van der Waals surface area contributed by atoms with Gasteiger partial charge in [0.1, 0.15) is 18.3 Å². The highest BCUT2D eigenvalue weighted by Crippen LogP contribution is 2.36. The summed E-state index contributed by atoms with van der Waals surface area (Å²) in [6.07, 6.45) is 3.75. The SMILES string of the molecule is COc1cccc2c1OCC(C(=O)N1CCC(c3nnc4n3CCNC4)CC1)=C2.Cl. The largest absolute Gasteiger partial charge is 0.493 e. The van der Waals surface area contributed by atoms with Crippen molar-refractivity contribution in [2.75, 3.05) is 33.4 Å². The van der Waals surface area contributed by atoms with E-state index in [1.807, 2.05) is 29.2 Å². The van der Waals surface area contributed by atoms with Gasteiger partial charge in [0, 0.05) is 37.7 Å². The van der Waals surface area contributed by atoms with E-state index in [1.54, 1.807) is 7.11 Å². The van der Waals surface area contributed by atoms with E-state index in [4.69, 9.17) is 9.47 Å². The Hall–Kier alpha value is -2.58. The quantitative estimate of drug-likeness (QED) is 0.800. The number of ether oxygens (including phenoxy) is 2. The Morgan fingerprint density at radius 1 is 1.23 bits per heavy atom. The maximum atomic E-state index is 13.0. The van der Waals surface area contributed by atoms with Crippen molar-refractivity contribution < 1.29 is 14.3 Å². The Labute approximate surface area is 181 Å². The zero-order chi connectivity index (χ0) is 19.8. The molecule has 0 unspecified atom stereocenters. The lowest BCUT2D eigenvalue weighted by atomic mass is 9.95. The van der Waals surface area contributed by atoms with Crippen molar-refractivity contribution in [2.24, 2.45) is 0 Å². The van der Waals surface area contributed by atoms with Gasteiger partial charge in [0.2, 0.25) is 0 Å². The van der Waals surface area contributed by atoms with Crippen molar-refractivity contribution in [3.8, 4) is 11.5 Å². The molecule has 1 saturated heterocycles. The smallest absolute Gasteiger partial charge is 0.253 e. The lowest BCUT2D eigenvalue weighted by Crippen LogP contribution is -2.40. The van der Waals surface area contributed by atoms with Crippen molar-refractivity contribution in [3.05, 3.63) is 41.0 Å². The predicted octanol–water partition coefficient (Wildman–Crippen LogP) is 1.99. The number of piperidine rings is 1. The van der Waals surface area contributed by atoms with Crippen LogP contribution in [0.3, 0.4) is 0 Å². The number of methoxy groups -OCH3 is 1. The van der Waals surface area contributed by atoms with E-state index in [9.17, 15) is 4.79 Å². The molecule has 0 aliphatic carbocycles. The van der Waals surface area contributed by atoms with Crippen LogP contribution in [0.4, 0.5) is 0 Å². The normalized spacial score (nSPS) is 18.4. The van der Waals surface area contributed by atoms with Crippen molar-refractivity contribution in [2.45, 2.75) is 31.8 Å². The molecule has 8 nitrogen and oxygen atoms in total. The van der Waals surface area contributed by atoms with Crippen LogP contribution in [0.2, 0.25) is 0 Å². The number of carbonyl (C=O) groups excluding carboxylic acids is 1. The third-order valence-electron chi connectivity index (χ3n) is 6.00. The first-order valence-electron chi connectivity index (χ1n) is 10.2. The van der Waals surface area contributed by atoms with Gasteiger partial charge in [-0.15, -0.1) is 22.6 Å². The van der Waals surface area contributed by atoms with Crippen LogP contribution in [0.1, 0.15) is 36.0 Å². The maximum absolute atomic E-state index is 13.0. The first-order valence-corrected chi connectivity index (χ1v) is 10.2. The number of para-hydroxylation sites is 1. The minimum absolute atomic E-state index is 0. The summed E-state index contributed by atoms with van der Waals surface area (Å²) in [6.45, 7) is 4.39. The van der Waals surface area contributed by atoms with Gasteiger partial charge >= 0.3 is 0 Å². The highest BCUT2D eigenvalue weighted by molar-refractivity contribution is 5.99. The molecule has 1 fully saturated rings. The molecule has 5 rings (SSSR count). The average molecular weight is 432 g/mol. The maximum Gasteiger partial charge on any atom is 0.253 e. The van der Waals surface area contributed by atoms with Gasteiger partial charge in [0.25, 0.3) is 5.91 Å². The lowest BCUT2D eigenvalue weighted by molar-refractivity contribution is -0.128. The van der Waals surface area contributed by atoms with Gasteiger partial charge in [0.15, 0.2) is 11.5 Å². The number of amides is 1. The van der Waals surface area contributed by atoms with Crippen LogP contribution < -0.4 is 14.8 Å². The van der Waals surface area contributed by atoms with Crippen LogP contribution in [0, 0.1) is 0 Å². The molecule has 9 heteroatoms. The topological polar surface area (TPSA) is 81.5 Å². The molecule has 0 radical (unpaired) electrons. The molecule has 1 aromatic carbocycles. The van der Waals surface area contributed by atoms with E-state index in [2.05, 4.69) is 20.1 Å². The van der Waals surface area contributed by atoms with Crippen molar-refractivity contribution in [1.82, 2.24) is 25.0 Å². The highest BCUT2D eigenvalue weighted by Gasteiger charge is 2.31. The number of hydrogen-bond acceptors (Lipinski definition) is 6. The second kappa shape index (κ2) is 8.65. The summed E-state index contributed by atoms with van der Waals surface area (Å²) >= 11 is 0. The van der Waals surface area contributed by atoms with Gasteiger partial charge < -0.3 is 24.3 Å². The molecule has 3 aliphatic heterocycles. The third-order valence-corrected chi connectivity index (χ3v) is 6.00. The van der Waals surface area contributed by atoms with Crippen molar-refractivity contribution >= 4 is 24.4 Å². The summed E-state index contributed by atoms with van der Waals surface area (Å²) in [6, 6.07) is 5.72. The Morgan fingerprint density at radius 2 is 2.07 bits per heavy atom. The van der Waals surface area contributed by atoms with Crippen molar-refractivity contribution in [1.29, 1.82) is 0 Å². The zero-order valence-electron chi connectivity index (χ0n) is 17.0. The third kappa shape index (κ3) is 3.65. The standard InChI is InChI=1S/C21H25N5O3.ClH/c1-28-17-4-2-3-15-11-16(13-29-19(15)17)21(27)25-8-5-14(6-9-25)20-24-23-18-12-22-7-10-26(18)20;/h2-4,11,14,22H,5-10,12-13H2,1H3;1H. The predicted molar refractivity (Wildman–Crippen MR) is 114 cm³/mol. The Balaban J connectivity index is 0.00000218. The minimum atomic E-state index is 0. The van der Waals surface area contributed by atoms with E-state index < -0.39 is 0 Å². The number of halogens is 1. The molecule has 1 aromatic heterocycles. The fraction of sp³-hybridized carbons (Fsp3) is 0.476. The summed E-state index contributed by atoms with van der Waals surface area (Å²) in [7, 11) is 1.62. The molecule has 1 amide bonds. The number of carbonyl (C=O) groups is 1. The number of nitrogens with zero attached hydrogens (tertiary/aromatic N) is 4. The molecule has 160 valence electrons. The minimum Gasteiger partial charge on any atom is -0.493 e. The van der Waals surface area contributed by atoms with Crippen LogP contribution in [-0.4, -0.2) is 58.9 Å². The summed E-state index contributed by atoms with van der Waals surface area (Å²) < 4.78 is 13.4. The number of benzene rings is 1. The first-order chi connectivity index (χ1) is 14.2. The van der Waals surface area contributed by atoms with Gasteiger partial charge in [-0.1, -0.05) is 12.1 Å². The van der Waals surface area contributed by atoms with Crippen molar-refractivity contribution in [3.63, 3.8) is 0 Å². The Morgan fingerprint density at radius 3 is 2.87 bits per heavy atom. The molecule has 0 atom stereocenters. The summed E-state index contributed by atoms with van der Waals surface area (Å²) in [5.74, 6) is 3.91. The van der Waals surface area contributed by atoms with Crippen LogP contribution >= 0.6 is 12.4 Å². The van der Waals surface area contributed by atoms with E-state index >= 15 is 0 Å². The Bertz CT molecular complexity index is 966. The molecule has 2 aromatic rings. The molecule has 0 spiro atoms. The zero-order valence-corrected chi connectivity index (χ0v) is 17.8. The van der Waals surface area contributed by atoms with Crippen LogP contribution in [0.25, 0.3) is 6.08 Å².